The smallest absolute Gasteiger partial charge is 0.325 e. The van der Waals surface area contributed by atoms with Crippen LogP contribution in [0.4, 0.5) is 0 Å². The predicted octanol–water partition coefficient (Wildman–Crippen LogP) is -0.235. The first-order valence-corrected chi connectivity index (χ1v) is 5.97. The Bertz CT molecular complexity index is 430. The number of aromatic nitrogens is 3. The van der Waals surface area contributed by atoms with Crippen molar-refractivity contribution < 1.29 is 19.4 Å². The van der Waals surface area contributed by atoms with Crippen molar-refractivity contribution in [2.75, 3.05) is 19.8 Å². The Balaban J connectivity index is 2.29. The van der Waals surface area contributed by atoms with Crippen LogP contribution < -0.4 is 5.32 Å². The number of nitrogens with zero attached hydrogens (tertiary/aromatic N) is 3. The van der Waals surface area contributed by atoms with Crippen LogP contribution in [0.5, 0.6) is 0 Å². The molecule has 1 aromatic rings. The number of nitrogens with one attached hydrogen (secondary N) is 1. The van der Waals surface area contributed by atoms with Crippen LogP contribution in [0.1, 0.15) is 24.3 Å². The fraction of sp³-hybridized carbons (Fsp3) is 0.636. The third-order valence-corrected chi connectivity index (χ3v) is 2.05. The summed E-state index contributed by atoms with van der Waals surface area (Å²) in [5.41, 5.74) is 0.0881. The monoisotopic (exact) mass is 270 g/mol. The van der Waals surface area contributed by atoms with E-state index in [1.165, 1.54) is 6.20 Å². The highest BCUT2D eigenvalue weighted by atomic mass is 16.5. The lowest BCUT2D eigenvalue weighted by Gasteiger charge is -2.06. The molecule has 106 valence electrons. The molecule has 0 radical (unpaired) electrons. The second-order valence-electron chi connectivity index (χ2n) is 4.42. The zero-order chi connectivity index (χ0) is 14.3. The van der Waals surface area contributed by atoms with Gasteiger partial charge in [0.1, 0.15) is 6.54 Å². The molecule has 0 spiro atoms. The van der Waals surface area contributed by atoms with Gasteiger partial charge in [-0.2, -0.15) is 0 Å². The van der Waals surface area contributed by atoms with Crippen molar-refractivity contribution in [2.45, 2.75) is 20.4 Å². The summed E-state index contributed by atoms with van der Waals surface area (Å²) < 4.78 is 6.40. The van der Waals surface area contributed by atoms with Crippen LogP contribution in [0.15, 0.2) is 6.20 Å². The van der Waals surface area contributed by atoms with Crippen molar-refractivity contribution in [3.63, 3.8) is 0 Å². The van der Waals surface area contributed by atoms with Gasteiger partial charge in [0.2, 0.25) is 0 Å². The standard InChI is InChI=1S/C11H18N4O4/c1-8(2)7-19-4-3-12-11(18)9-5-15(14-13-9)6-10(16)17/h5,8H,3-4,6-7H2,1-2H3,(H,12,18)(H,16,17). The quantitative estimate of drug-likeness (QED) is 0.632. The summed E-state index contributed by atoms with van der Waals surface area (Å²) in [4.78, 5) is 22.1. The van der Waals surface area contributed by atoms with E-state index >= 15 is 0 Å². The van der Waals surface area contributed by atoms with Gasteiger partial charge >= 0.3 is 5.97 Å². The van der Waals surface area contributed by atoms with Crippen LogP contribution in [-0.2, 0) is 16.1 Å². The lowest BCUT2D eigenvalue weighted by molar-refractivity contribution is -0.137. The van der Waals surface area contributed by atoms with Gasteiger partial charge in [-0.15, -0.1) is 5.10 Å². The third kappa shape index (κ3) is 5.96. The van der Waals surface area contributed by atoms with Gasteiger partial charge in [0.05, 0.1) is 12.8 Å². The zero-order valence-electron chi connectivity index (χ0n) is 11.0. The lowest BCUT2D eigenvalue weighted by Crippen LogP contribution is -2.28. The van der Waals surface area contributed by atoms with E-state index < -0.39 is 11.9 Å². The van der Waals surface area contributed by atoms with Crippen molar-refractivity contribution in [1.82, 2.24) is 20.3 Å². The molecule has 19 heavy (non-hydrogen) atoms. The Hall–Kier alpha value is -1.96. The minimum atomic E-state index is -1.04. The molecule has 0 aliphatic rings. The Morgan fingerprint density at radius 2 is 2.26 bits per heavy atom. The molecule has 0 aliphatic carbocycles. The summed E-state index contributed by atoms with van der Waals surface area (Å²) in [6.45, 7) is 5.20. The van der Waals surface area contributed by atoms with Crippen LogP contribution in [0.3, 0.4) is 0 Å². The molecule has 0 fully saturated rings. The van der Waals surface area contributed by atoms with E-state index in [2.05, 4.69) is 15.6 Å². The number of carbonyl (C=O) groups is 2. The molecule has 0 saturated carbocycles. The molecule has 0 saturated heterocycles. The topological polar surface area (TPSA) is 106 Å². The van der Waals surface area contributed by atoms with Crippen LogP contribution in [-0.4, -0.2) is 51.7 Å². The highest BCUT2D eigenvalue weighted by Crippen LogP contribution is 1.94. The normalized spacial score (nSPS) is 10.7. The number of carbonyl (C=O) groups excluding carboxylic acids is 1. The highest BCUT2D eigenvalue weighted by Gasteiger charge is 2.11. The van der Waals surface area contributed by atoms with E-state index in [0.717, 1.165) is 4.68 Å². The Morgan fingerprint density at radius 3 is 2.89 bits per heavy atom. The first kappa shape index (κ1) is 15.1. The summed E-state index contributed by atoms with van der Waals surface area (Å²) in [6, 6.07) is 0. The number of carboxylic acids is 1. The first-order chi connectivity index (χ1) is 8.99. The highest BCUT2D eigenvalue weighted by molar-refractivity contribution is 5.91. The number of rotatable bonds is 8. The molecule has 8 heteroatoms. The van der Waals surface area contributed by atoms with E-state index in [1.54, 1.807) is 0 Å². The second kappa shape index (κ2) is 7.47. The van der Waals surface area contributed by atoms with Crippen LogP contribution >= 0.6 is 0 Å². The minimum Gasteiger partial charge on any atom is -0.480 e. The predicted molar refractivity (Wildman–Crippen MR) is 65.6 cm³/mol. The van der Waals surface area contributed by atoms with Gasteiger partial charge in [-0.25, -0.2) is 4.68 Å². The third-order valence-electron chi connectivity index (χ3n) is 2.05. The number of carboxylic acid groups (broad SMARTS) is 1. The second-order valence-corrected chi connectivity index (χ2v) is 4.42. The fourth-order valence-corrected chi connectivity index (χ4v) is 1.26. The largest absolute Gasteiger partial charge is 0.480 e. The van der Waals surface area contributed by atoms with Crippen LogP contribution in [0, 0.1) is 5.92 Å². The maximum Gasteiger partial charge on any atom is 0.325 e. The summed E-state index contributed by atoms with van der Waals surface area (Å²) >= 11 is 0. The first-order valence-electron chi connectivity index (χ1n) is 5.97. The average Bonchev–Trinajstić information content (AvgIpc) is 2.75. The van der Waals surface area contributed by atoms with Crippen molar-refractivity contribution >= 4 is 11.9 Å². The van der Waals surface area contributed by atoms with Crippen molar-refractivity contribution in [1.29, 1.82) is 0 Å². The molecule has 0 bridgehead atoms. The molecule has 0 aromatic carbocycles. The average molecular weight is 270 g/mol. The van der Waals surface area contributed by atoms with Gasteiger partial charge in [-0.3, -0.25) is 9.59 Å². The van der Waals surface area contributed by atoms with E-state index in [4.69, 9.17) is 9.84 Å². The Morgan fingerprint density at radius 1 is 1.53 bits per heavy atom. The number of hydrogen-bond donors (Lipinski definition) is 2. The number of hydrogen-bond acceptors (Lipinski definition) is 5. The zero-order valence-corrected chi connectivity index (χ0v) is 11.0. The molecule has 0 aliphatic heterocycles. The summed E-state index contributed by atoms with van der Waals surface area (Å²) in [7, 11) is 0. The van der Waals surface area contributed by atoms with Crippen molar-refractivity contribution in [3.05, 3.63) is 11.9 Å². The van der Waals surface area contributed by atoms with Gasteiger partial charge < -0.3 is 15.2 Å². The molecule has 1 heterocycles. The van der Waals surface area contributed by atoms with Crippen LogP contribution in [0.2, 0.25) is 0 Å². The van der Waals surface area contributed by atoms with E-state index in [9.17, 15) is 9.59 Å². The van der Waals surface area contributed by atoms with Gasteiger partial charge in [0.25, 0.3) is 5.91 Å². The van der Waals surface area contributed by atoms with E-state index in [-0.39, 0.29) is 12.2 Å². The SMILES string of the molecule is CC(C)COCCNC(=O)c1cn(CC(=O)O)nn1. The van der Waals surface area contributed by atoms with Crippen molar-refractivity contribution in [3.8, 4) is 0 Å². The minimum absolute atomic E-state index is 0.0881. The number of aliphatic carboxylic acids is 1. The molecule has 1 rings (SSSR count). The molecule has 1 aromatic heterocycles. The molecule has 1 amide bonds. The lowest BCUT2D eigenvalue weighted by atomic mass is 10.2. The molecule has 0 unspecified atom stereocenters. The van der Waals surface area contributed by atoms with Gasteiger partial charge in [0, 0.05) is 13.2 Å². The van der Waals surface area contributed by atoms with Gasteiger partial charge in [-0.05, 0) is 5.92 Å². The number of ether oxygens (including phenoxy) is 1. The summed E-state index contributed by atoms with van der Waals surface area (Å²) in [5, 5.41) is 18.3. The van der Waals surface area contributed by atoms with Crippen LogP contribution in [0.25, 0.3) is 0 Å². The van der Waals surface area contributed by atoms with Crippen molar-refractivity contribution in [2.24, 2.45) is 5.92 Å². The maximum absolute atomic E-state index is 11.6. The Labute approximate surface area is 110 Å². The molecular formula is C11H18N4O4. The maximum atomic E-state index is 11.6. The van der Waals surface area contributed by atoms with Gasteiger partial charge in [0.15, 0.2) is 5.69 Å². The molecular weight excluding hydrogens is 252 g/mol. The van der Waals surface area contributed by atoms with Gasteiger partial charge in [-0.1, -0.05) is 19.1 Å². The Kier molecular flexibility index (Phi) is 5.94. The summed E-state index contributed by atoms with van der Waals surface area (Å²) in [6.07, 6.45) is 1.29. The molecule has 8 nitrogen and oxygen atoms in total. The van der Waals surface area contributed by atoms with E-state index in [1.807, 2.05) is 13.8 Å². The molecule has 2 N–H and O–H groups in total. The van der Waals surface area contributed by atoms with E-state index in [0.29, 0.717) is 25.7 Å². The number of amides is 1. The summed E-state index contributed by atoms with van der Waals surface area (Å²) in [5.74, 6) is -0.990. The fourth-order valence-electron chi connectivity index (χ4n) is 1.26. The molecule has 0 atom stereocenters.